The van der Waals surface area contributed by atoms with E-state index in [0.29, 0.717) is 19.3 Å². The van der Waals surface area contributed by atoms with Gasteiger partial charge in [-0.25, -0.2) is 4.79 Å². The topological polar surface area (TPSA) is 116 Å². The number of esters is 1. The summed E-state index contributed by atoms with van der Waals surface area (Å²) in [6, 6.07) is 0. The molecule has 0 aromatic carbocycles. The second-order valence-corrected chi connectivity index (χ2v) is 11.6. The van der Waals surface area contributed by atoms with Crippen molar-refractivity contribution in [3.8, 4) is 0 Å². The summed E-state index contributed by atoms with van der Waals surface area (Å²) in [7, 11) is 0. The Labute approximate surface area is 218 Å². The lowest BCUT2D eigenvalue weighted by molar-refractivity contribution is -0.185. The van der Waals surface area contributed by atoms with Gasteiger partial charge in [0, 0.05) is 23.2 Å². The first kappa shape index (κ1) is 27.6. The zero-order valence-corrected chi connectivity index (χ0v) is 22.4. The summed E-state index contributed by atoms with van der Waals surface area (Å²) >= 11 is 0. The molecule has 4 aliphatic rings. The first-order chi connectivity index (χ1) is 17.5. The fraction of sp³-hybridized carbons (Fsp3) is 0.724. The number of ether oxygens (including phenoxy) is 3. The fourth-order valence-corrected chi connectivity index (χ4v) is 7.89. The summed E-state index contributed by atoms with van der Waals surface area (Å²) in [6.07, 6.45) is 7.63. The zero-order chi connectivity index (χ0) is 27.0. The molecule has 3 saturated carbocycles. The largest absolute Gasteiger partial charge is 0.509 e. The van der Waals surface area contributed by atoms with E-state index in [1.165, 1.54) is 0 Å². The predicted octanol–water partition coefficient (Wildman–Crippen LogP) is 4.48. The Morgan fingerprint density at radius 3 is 2.57 bits per heavy atom. The minimum absolute atomic E-state index is 0.000397. The van der Waals surface area contributed by atoms with Crippen LogP contribution in [0.15, 0.2) is 23.8 Å². The van der Waals surface area contributed by atoms with Gasteiger partial charge in [-0.1, -0.05) is 39.3 Å². The molecule has 204 valence electrons. The van der Waals surface area contributed by atoms with E-state index in [-0.39, 0.29) is 49.4 Å². The number of aliphatic hydroxyl groups is 1. The molecule has 0 amide bonds. The molecule has 7 atom stereocenters. The fourth-order valence-electron chi connectivity index (χ4n) is 7.89. The molecule has 8 heteroatoms. The SMILES string of the molecule is CCCOC(=O)O[C@]1(C(=O)COC(=O)CCC)CC[C@H]2[C@@H]3CCC4=CC(=O)C=C[C@]4(C)[C@H]3C(O)C[C@@]21C. The molecule has 0 saturated heterocycles. The molecule has 8 nitrogen and oxygen atoms in total. The van der Waals surface area contributed by atoms with Crippen LogP contribution in [0.4, 0.5) is 4.79 Å². The average Bonchev–Trinajstić information content (AvgIpc) is 3.13. The molecule has 0 spiro atoms. The van der Waals surface area contributed by atoms with Crippen molar-refractivity contribution in [2.45, 2.75) is 90.8 Å². The third-order valence-corrected chi connectivity index (χ3v) is 9.57. The summed E-state index contributed by atoms with van der Waals surface area (Å²) in [5.41, 5.74) is -1.81. The van der Waals surface area contributed by atoms with Gasteiger partial charge in [0.1, 0.15) is 0 Å². The Hall–Kier alpha value is -2.48. The molecule has 0 aliphatic heterocycles. The number of allylic oxidation sites excluding steroid dienone is 4. The number of Topliss-reactive ketones (excluding diaryl/α,β-unsaturated/α-hetero) is 1. The zero-order valence-electron chi connectivity index (χ0n) is 22.4. The van der Waals surface area contributed by atoms with Crippen LogP contribution in [-0.2, 0) is 28.6 Å². The van der Waals surface area contributed by atoms with E-state index >= 15 is 0 Å². The molecule has 0 aromatic rings. The van der Waals surface area contributed by atoms with Crippen molar-refractivity contribution in [3.05, 3.63) is 23.8 Å². The number of fused-ring (bicyclic) bond motifs is 5. The number of ketones is 2. The van der Waals surface area contributed by atoms with Crippen molar-refractivity contribution in [1.29, 1.82) is 0 Å². The highest BCUT2D eigenvalue weighted by Gasteiger charge is 2.70. The lowest BCUT2D eigenvalue weighted by Crippen LogP contribution is -2.63. The standard InChI is InChI=1S/C29H40O8/c1-5-7-24(33)36-17-23(32)29(37-26(34)35-14-6-2)13-11-21-20-9-8-18-15-19(30)10-12-27(18,3)25(20)22(31)16-28(21,29)4/h10,12,15,20-22,25,31H,5-9,11,13-14,16-17H2,1-4H3/t20-,21-,22?,25+,27-,28-,29-/m0/s1. The number of aliphatic hydroxyl groups excluding tert-OH is 1. The maximum Gasteiger partial charge on any atom is 0.509 e. The second kappa shape index (κ2) is 10.4. The van der Waals surface area contributed by atoms with Crippen LogP contribution in [0.25, 0.3) is 0 Å². The van der Waals surface area contributed by atoms with E-state index < -0.39 is 47.0 Å². The number of rotatable bonds is 8. The van der Waals surface area contributed by atoms with Crippen LogP contribution in [0.2, 0.25) is 0 Å². The van der Waals surface area contributed by atoms with Gasteiger partial charge in [0.05, 0.1) is 12.7 Å². The van der Waals surface area contributed by atoms with Gasteiger partial charge in [-0.3, -0.25) is 14.4 Å². The first-order valence-corrected chi connectivity index (χ1v) is 13.7. The van der Waals surface area contributed by atoms with Crippen molar-refractivity contribution in [2.24, 2.45) is 28.6 Å². The highest BCUT2D eigenvalue weighted by Crippen LogP contribution is 2.68. The molecule has 0 bridgehead atoms. The maximum atomic E-state index is 13.8. The van der Waals surface area contributed by atoms with Gasteiger partial charge < -0.3 is 19.3 Å². The van der Waals surface area contributed by atoms with Crippen LogP contribution >= 0.6 is 0 Å². The summed E-state index contributed by atoms with van der Waals surface area (Å²) in [5.74, 6) is -1.01. The van der Waals surface area contributed by atoms with Crippen molar-refractivity contribution < 1.29 is 38.5 Å². The minimum Gasteiger partial charge on any atom is -0.457 e. The monoisotopic (exact) mass is 516 g/mol. The van der Waals surface area contributed by atoms with Gasteiger partial charge in [0.15, 0.2) is 18.0 Å². The molecule has 37 heavy (non-hydrogen) atoms. The van der Waals surface area contributed by atoms with Crippen LogP contribution in [0.5, 0.6) is 0 Å². The summed E-state index contributed by atoms with van der Waals surface area (Å²) in [6.45, 7) is 7.41. The third kappa shape index (κ3) is 4.55. The molecule has 4 aliphatic carbocycles. The van der Waals surface area contributed by atoms with Gasteiger partial charge >= 0.3 is 12.1 Å². The quantitative estimate of drug-likeness (QED) is 0.470. The van der Waals surface area contributed by atoms with Crippen LogP contribution in [-0.4, -0.2) is 53.7 Å². The van der Waals surface area contributed by atoms with Crippen LogP contribution < -0.4 is 0 Å². The number of carbonyl (C=O) groups excluding carboxylic acids is 4. The maximum absolute atomic E-state index is 13.8. The van der Waals surface area contributed by atoms with E-state index in [4.69, 9.17) is 14.2 Å². The first-order valence-electron chi connectivity index (χ1n) is 13.7. The molecule has 0 heterocycles. The Kier molecular flexibility index (Phi) is 7.71. The highest BCUT2D eigenvalue weighted by atomic mass is 16.7. The lowest BCUT2D eigenvalue weighted by atomic mass is 9.46. The van der Waals surface area contributed by atoms with E-state index in [0.717, 1.165) is 18.4 Å². The van der Waals surface area contributed by atoms with Gasteiger partial charge in [0.25, 0.3) is 0 Å². The third-order valence-electron chi connectivity index (χ3n) is 9.57. The van der Waals surface area contributed by atoms with E-state index in [9.17, 15) is 24.3 Å². The van der Waals surface area contributed by atoms with Crippen LogP contribution in [0.1, 0.15) is 79.1 Å². The van der Waals surface area contributed by atoms with Crippen molar-refractivity contribution >= 4 is 23.7 Å². The minimum atomic E-state index is -1.56. The van der Waals surface area contributed by atoms with Crippen LogP contribution in [0.3, 0.4) is 0 Å². The molecule has 1 unspecified atom stereocenters. The molecule has 4 rings (SSSR count). The Morgan fingerprint density at radius 1 is 1.11 bits per heavy atom. The smallest absolute Gasteiger partial charge is 0.457 e. The summed E-state index contributed by atoms with van der Waals surface area (Å²) in [4.78, 5) is 50.6. The van der Waals surface area contributed by atoms with E-state index in [1.54, 1.807) is 12.2 Å². The second-order valence-electron chi connectivity index (χ2n) is 11.6. The Balaban J connectivity index is 1.67. The molecular formula is C29H40O8. The Bertz CT molecular complexity index is 1010. The predicted molar refractivity (Wildman–Crippen MR) is 134 cm³/mol. The summed E-state index contributed by atoms with van der Waals surface area (Å²) in [5, 5.41) is 11.6. The van der Waals surface area contributed by atoms with Gasteiger partial charge in [-0.15, -0.1) is 0 Å². The van der Waals surface area contributed by atoms with E-state index in [2.05, 4.69) is 6.92 Å². The van der Waals surface area contributed by atoms with Crippen molar-refractivity contribution in [1.82, 2.24) is 0 Å². The van der Waals surface area contributed by atoms with Gasteiger partial charge in [-0.2, -0.15) is 0 Å². The van der Waals surface area contributed by atoms with Crippen LogP contribution in [0, 0.1) is 28.6 Å². The van der Waals surface area contributed by atoms with Crippen molar-refractivity contribution in [3.63, 3.8) is 0 Å². The molecular weight excluding hydrogens is 476 g/mol. The van der Waals surface area contributed by atoms with E-state index in [1.807, 2.05) is 26.8 Å². The normalized spacial score (nSPS) is 38.1. The van der Waals surface area contributed by atoms with Gasteiger partial charge in [-0.05, 0) is 68.9 Å². The molecule has 1 N–H and O–H groups in total. The number of carbonyl (C=O) groups is 4. The van der Waals surface area contributed by atoms with Gasteiger partial charge in [0.2, 0.25) is 5.78 Å². The summed E-state index contributed by atoms with van der Waals surface area (Å²) < 4.78 is 16.4. The van der Waals surface area contributed by atoms with Crippen molar-refractivity contribution in [2.75, 3.05) is 13.2 Å². The highest BCUT2D eigenvalue weighted by molar-refractivity contribution is 6.01. The number of hydrogen-bond donors (Lipinski definition) is 1. The lowest BCUT2D eigenvalue weighted by Gasteiger charge is -2.59. The molecule has 0 radical (unpaired) electrons. The molecule has 0 aromatic heterocycles. The molecule has 3 fully saturated rings. The average molecular weight is 517 g/mol. The Morgan fingerprint density at radius 2 is 1.86 bits per heavy atom. The number of hydrogen-bond acceptors (Lipinski definition) is 8.